The zero-order valence-electron chi connectivity index (χ0n) is 13.9. The van der Waals surface area contributed by atoms with Gasteiger partial charge in [-0.15, -0.1) is 0 Å². The van der Waals surface area contributed by atoms with Gasteiger partial charge < -0.3 is 10.2 Å². The maximum atomic E-state index is 13.0. The molecule has 1 aromatic carbocycles. The monoisotopic (exact) mass is 365 g/mol. The Morgan fingerprint density at radius 3 is 2.50 bits per heavy atom. The Morgan fingerprint density at radius 1 is 1.12 bits per heavy atom. The number of nitrogens with zero attached hydrogens (tertiary/aromatic N) is 4. The van der Waals surface area contributed by atoms with Gasteiger partial charge in [0.25, 0.3) is 0 Å². The van der Waals surface area contributed by atoms with Crippen LogP contribution in [0.2, 0.25) is 0 Å². The number of carbonyl (C=O) groups is 1. The first-order valence-electron chi connectivity index (χ1n) is 8.13. The van der Waals surface area contributed by atoms with Gasteiger partial charge in [-0.1, -0.05) is 12.1 Å². The second-order valence-electron chi connectivity index (χ2n) is 5.92. The molecule has 1 N–H and O–H groups in total. The Morgan fingerprint density at radius 2 is 1.85 bits per heavy atom. The number of anilines is 2. The lowest BCUT2D eigenvalue weighted by atomic mass is 10.1. The van der Waals surface area contributed by atoms with Crippen LogP contribution in [0, 0.1) is 0 Å². The van der Waals surface area contributed by atoms with Crippen molar-refractivity contribution >= 4 is 17.4 Å². The molecule has 1 amide bonds. The summed E-state index contributed by atoms with van der Waals surface area (Å²) >= 11 is 0. The van der Waals surface area contributed by atoms with Gasteiger partial charge in [-0.2, -0.15) is 13.2 Å². The van der Waals surface area contributed by atoms with E-state index >= 15 is 0 Å². The summed E-state index contributed by atoms with van der Waals surface area (Å²) in [5.74, 6) is 0.311. The van der Waals surface area contributed by atoms with Gasteiger partial charge >= 0.3 is 6.18 Å². The SMILES string of the molecule is O=C(CN1CCN(c2cnccn2)CC1)Nc1ccccc1C(F)(F)F. The van der Waals surface area contributed by atoms with Gasteiger partial charge in [0.15, 0.2) is 0 Å². The lowest BCUT2D eigenvalue weighted by Crippen LogP contribution is -2.49. The number of para-hydroxylation sites is 1. The van der Waals surface area contributed by atoms with Gasteiger partial charge in [-0.3, -0.25) is 14.7 Å². The molecule has 1 aliphatic heterocycles. The van der Waals surface area contributed by atoms with Crippen molar-refractivity contribution in [2.24, 2.45) is 0 Å². The second kappa shape index (κ2) is 7.69. The van der Waals surface area contributed by atoms with Crippen LogP contribution in [0.15, 0.2) is 42.9 Å². The average molecular weight is 365 g/mol. The predicted octanol–water partition coefficient (Wildman–Crippen LogP) is 2.26. The highest BCUT2D eigenvalue weighted by molar-refractivity contribution is 5.93. The lowest BCUT2D eigenvalue weighted by Gasteiger charge is -2.34. The van der Waals surface area contributed by atoms with Gasteiger partial charge in [0.05, 0.1) is 24.0 Å². The Bertz CT molecular complexity index is 746. The quantitative estimate of drug-likeness (QED) is 0.901. The first kappa shape index (κ1) is 18.1. The smallest absolute Gasteiger partial charge is 0.353 e. The van der Waals surface area contributed by atoms with E-state index in [2.05, 4.69) is 20.2 Å². The van der Waals surface area contributed by atoms with Crippen LogP contribution in [0.25, 0.3) is 0 Å². The van der Waals surface area contributed by atoms with E-state index in [0.29, 0.717) is 26.2 Å². The fourth-order valence-electron chi connectivity index (χ4n) is 2.82. The molecule has 0 radical (unpaired) electrons. The van der Waals surface area contributed by atoms with Crippen molar-refractivity contribution in [1.29, 1.82) is 0 Å². The third-order valence-corrected chi connectivity index (χ3v) is 4.12. The Labute approximate surface area is 148 Å². The van der Waals surface area contributed by atoms with Gasteiger partial charge in [0.1, 0.15) is 5.82 Å². The van der Waals surface area contributed by atoms with E-state index < -0.39 is 17.6 Å². The zero-order valence-corrected chi connectivity index (χ0v) is 13.9. The van der Waals surface area contributed by atoms with E-state index in [4.69, 9.17) is 0 Å². The summed E-state index contributed by atoms with van der Waals surface area (Å²) in [6.45, 7) is 2.62. The number of benzene rings is 1. The summed E-state index contributed by atoms with van der Waals surface area (Å²) in [6, 6.07) is 4.97. The van der Waals surface area contributed by atoms with Crippen molar-refractivity contribution in [1.82, 2.24) is 14.9 Å². The van der Waals surface area contributed by atoms with Crippen molar-refractivity contribution in [3.8, 4) is 0 Å². The molecular weight excluding hydrogens is 347 g/mol. The number of halogens is 3. The zero-order chi connectivity index (χ0) is 18.6. The minimum atomic E-state index is -4.51. The number of amides is 1. The molecule has 0 spiro atoms. The van der Waals surface area contributed by atoms with Crippen LogP contribution in [0.5, 0.6) is 0 Å². The Kier molecular flexibility index (Phi) is 5.36. The Hall–Kier alpha value is -2.68. The Balaban J connectivity index is 1.54. The molecule has 0 atom stereocenters. The number of rotatable bonds is 4. The predicted molar refractivity (Wildman–Crippen MR) is 90.8 cm³/mol. The molecule has 138 valence electrons. The molecule has 0 saturated carbocycles. The topological polar surface area (TPSA) is 61.4 Å². The molecule has 3 rings (SSSR count). The van der Waals surface area contributed by atoms with E-state index in [1.165, 1.54) is 18.2 Å². The van der Waals surface area contributed by atoms with E-state index in [0.717, 1.165) is 11.9 Å². The van der Waals surface area contributed by atoms with Crippen molar-refractivity contribution in [2.45, 2.75) is 6.18 Å². The summed E-state index contributed by atoms with van der Waals surface area (Å²) in [5, 5.41) is 2.37. The fourth-order valence-corrected chi connectivity index (χ4v) is 2.82. The summed E-state index contributed by atoms with van der Waals surface area (Å²) in [6.07, 6.45) is 0.388. The molecule has 1 aromatic heterocycles. The molecule has 0 bridgehead atoms. The molecule has 1 fully saturated rings. The van der Waals surface area contributed by atoms with Gasteiger partial charge in [-0.25, -0.2) is 4.98 Å². The summed E-state index contributed by atoms with van der Waals surface area (Å²) in [5.41, 5.74) is -1.07. The van der Waals surface area contributed by atoms with Crippen LogP contribution < -0.4 is 10.2 Å². The standard InChI is InChI=1S/C17H18F3N5O/c18-17(19,20)13-3-1-2-4-14(13)23-16(26)12-24-7-9-25(10-8-24)15-11-21-5-6-22-15/h1-6,11H,7-10,12H2,(H,23,26). The molecular formula is C17H18F3N5O. The molecule has 0 unspecified atom stereocenters. The highest BCUT2D eigenvalue weighted by Gasteiger charge is 2.33. The lowest BCUT2D eigenvalue weighted by molar-refractivity contribution is -0.137. The normalized spacial score (nSPS) is 15.7. The summed E-state index contributed by atoms with van der Waals surface area (Å²) < 4.78 is 39.0. The van der Waals surface area contributed by atoms with Crippen LogP contribution >= 0.6 is 0 Å². The first-order valence-corrected chi connectivity index (χ1v) is 8.13. The van der Waals surface area contributed by atoms with Crippen molar-refractivity contribution in [3.63, 3.8) is 0 Å². The molecule has 26 heavy (non-hydrogen) atoms. The highest BCUT2D eigenvalue weighted by Crippen LogP contribution is 2.34. The number of hydrogen-bond donors (Lipinski definition) is 1. The molecule has 1 saturated heterocycles. The van der Waals surface area contributed by atoms with Crippen LogP contribution in [0.3, 0.4) is 0 Å². The van der Waals surface area contributed by atoms with E-state index in [9.17, 15) is 18.0 Å². The van der Waals surface area contributed by atoms with Gasteiger partial charge in [-0.05, 0) is 12.1 Å². The van der Waals surface area contributed by atoms with E-state index in [1.807, 2.05) is 4.90 Å². The minimum Gasteiger partial charge on any atom is -0.353 e. The number of hydrogen-bond acceptors (Lipinski definition) is 5. The van der Waals surface area contributed by atoms with E-state index in [-0.39, 0.29) is 12.2 Å². The van der Waals surface area contributed by atoms with Crippen molar-refractivity contribution in [2.75, 3.05) is 42.9 Å². The highest BCUT2D eigenvalue weighted by atomic mass is 19.4. The average Bonchev–Trinajstić information content (AvgIpc) is 2.62. The maximum Gasteiger partial charge on any atom is 0.418 e. The molecule has 0 aliphatic carbocycles. The van der Waals surface area contributed by atoms with Crippen LogP contribution in [0.1, 0.15) is 5.56 Å². The summed E-state index contributed by atoms with van der Waals surface area (Å²) in [4.78, 5) is 24.4. The molecule has 2 heterocycles. The number of nitrogens with one attached hydrogen (secondary N) is 1. The number of carbonyl (C=O) groups excluding carboxylic acids is 1. The van der Waals surface area contributed by atoms with Crippen molar-refractivity contribution < 1.29 is 18.0 Å². The third kappa shape index (κ3) is 4.48. The fraction of sp³-hybridized carbons (Fsp3) is 0.353. The summed E-state index contributed by atoms with van der Waals surface area (Å²) in [7, 11) is 0. The third-order valence-electron chi connectivity index (χ3n) is 4.12. The number of alkyl halides is 3. The van der Waals surface area contributed by atoms with Crippen molar-refractivity contribution in [3.05, 3.63) is 48.4 Å². The largest absolute Gasteiger partial charge is 0.418 e. The molecule has 9 heteroatoms. The second-order valence-corrected chi connectivity index (χ2v) is 5.92. The number of aromatic nitrogens is 2. The first-order chi connectivity index (χ1) is 12.4. The van der Waals surface area contributed by atoms with Gasteiger partial charge in [0.2, 0.25) is 5.91 Å². The van der Waals surface area contributed by atoms with Gasteiger partial charge in [0, 0.05) is 38.6 Å². The maximum absolute atomic E-state index is 13.0. The van der Waals surface area contributed by atoms with Crippen LogP contribution in [-0.4, -0.2) is 53.5 Å². The minimum absolute atomic E-state index is 0.0422. The molecule has 1 aliphatic rings. The number of piperazine rings is 1. The van der Waals surface area contributed by atoms with E-state index in [1.54, 1.807) is 18.6 Å². The van der Waals surface area contributed by atoms with Crippen LogP contribution in [-0.2, 0) is 11.0 Å². The molecule has 6 nitrogen and oxygen atoms in total. The van der Waals surface area contributed by atoms with Crippen LogP contribution in [0.4, 0.5) is 24.7 Å². The molecule has 2 aromatic rings.